The number of aromatic nitrogens is 3. The van der Waals surface area contributed by atoms with Crippen LogP contribution in [0.25, 0.3) is 66.2 Å². The number of pyridine rings is 1. The maximum absolute atomic E-state index is 15.4. The Labute approximate surface area is 409 Å². The van der Waals surface area contributed by atoms with Crippen molar-refractivity contribution in [3.63, 3.8) is 0 Å². The molecule has 0 radical (unpaired) electrons. The molecule has 6 nitrogen and oxygen atoms in total. The van der Waals surface area contributed by atoms with Crippen LogP contribution in [0.5, 0.6) is 11.5 Å². The van der Waals surface area contributed by atoms with Crippen molar-refractivity contribution in [2.45, 2.75) is 39.5 Å². The summed E-state index contributed by atoms with van der Waals surface area (Å²) in [4.78, 5) is 9.27. The van der Waals surface area contributed by atoms with Crippen LogP contribution in [0.3, 0.4) is 0 Å². The monoisotopic (exact) mass is 1070 g/mol. The van der Waals surface area contributed by atoms with Gasteiger partial charge in [-0.15, -0.1) is 42.4 Å². The van der Waals surface area contributed by atoms with Crippen LogP contribution in [0.4, 0.5) is 27.1 Å². The molecule has 0 unspecified atom stereocenters. The molecule has 0 saturated heterocycles. The van der Waals surface area contributed by atoms with E-state index in [1.54, 1.807) is 6.07 Å². The van der Waals surface area contributed by atoms with E-state index < -0.39 is 0 Å². The largest absolute Gasteiger partial charge is 0.509 e. The molecule has 336 valence electrons. The third kappa shape index (κ3) is 7.16. The van der Waals surface area contributed by atoms with Crippen molar-refractivity contribution >= 4 is 66.4 Å². The van der Waals surface area contributed by atoms with Crippen LogP contribution in [-0.4, -0.2) is 14.1 Å². The zero-order valence-electron chi connectivity index (χ0n) is 37.9. The first kappa shape index (κ1) is 43.1. The third-order valence-electron chi connectivity index (χ3n) is 13.0. The van der Waals surface area contributed by atoms with Crippen molar-refractivity contribution in [3.8, 4) is 34.1 Å². The molecular formula is C60H45FN5OPt-3. The van der Waals surface area contributed by atoms with E-state index in [1.165, 1.54) is 16.8 Å². The van der Waals surface area contributed by atoms with Gasteiger partial charge in [0, 0.05) is 77.7 Å². The molecule has 0 fully saturated rings. The summed E-state index contributed by atoms with van der Waals surface area (Å²) in [6, 6.07) is 67.1. The van der Waals surface area contributed by atoms with Crippen LogP contribution in [-0.2, 0) is 21.1 Å². The zero-order valence-corrected chi connectivity index (χ0v) is 40.2. The van der Waals surface area contributed by atoms with Gasteiger partial charge in [0.1, 0.15) is 11.6 Å². The van der Waals surface area contributed by atoms with Gasteiger partial charge in [0.05, 0.1) is 11.0 Å². The summed E-state index contributed by atoms with van der Waals surface area (Å²) in [6.45, 7) is 11.0. The minimum absolute atomic E-state index is 0. The molecule has 3 aromatic heterocycles. The number of ether oxygens (including phenoxy) is 1. The van der Waals surface area contributed by atoms with Crippen molar-refractivity contribution in [2.24, 2.45) is 0 Å². The van der Waals surface area contributed by atoms with Gasteiger partial charge in [0.25, 0.3) is 0 Å². The van der Waals surface area contributed by atoms with Crippen LogP contribution in [0.1, 0.15) is 50.7 Å². The zero-order chi connectivity index (χ0) is 45.3. The topological polar surface area (TPSA) is 38.5 Å². The summed E-state index contributed by atoms with van der Waals surface area (Å²) >= 11 is 0. The van der Waals surface area contributed by atoms with Gasteiger partial charge in [0.15, 0.2) is 0 Å². The van der Waals surface area contributed by atoms with Gasteiger partial charge < -0.3 is 23.7 Å². The van der Waals surface area contributed by atoms with Gasteiger partial charge in [-0.2, -0.15) is 6.07 Å². The smallest absolute Gasteiger partial charge is 0.135 e. The maximum Gasteiger partial charge on any atom is 0.135 e. The van der Waals surface area contributed by atoms with E-state index in [9.17, 15) is 0 Å². The second kappa shape index (κ2) is 17.3. The maximum atomic E-state index is 15.4. The molecule has 4 heterocycles. The number of nitrogens with zero attached hydrogens (tertiary/aromatic N) is 5. The number of anilines is 4. The standard InChI is InChI=1S/C60H45FN5O.Pt/c1-38(2)50-31-40(45-17-5-9-21-52(45)61)32-51(39(3)4)60(50)64-37-63(56-25-13-14-26-57(56)64)41-33-42(65-53-22-10-6-18-46(53)47-19-7-11-23-54(47)65)35-44(34-41)67-43-28-29-49-48-20-8-12-24-55(48)66(58(49)36-43)59-27-15-16-30-62-59;/h5-33,35,37-39H,1-4H3;/q-3;. The molecular weight excluding hydrogens is 1020 g/mol. The number of hydrogen-bond acceptors (Lipinski definition) is 4. The molecule has 0 amide bonds. The Hall–Kier alpha value is -7.47. The van der Waals surface area contributed by atoms with Crippen molar-refractivity contribution in [1.82, 2.24) is 14.1 Å². The van der Waals surface area contributed by atoms with E-state index >= 15 is 4.39 Å². The SMILES string of the molecule is CC(C)c1cc(-c2ccccc2F)cc(C(C)C)c1N1[CH-]N(c2[c-]c(Oc3[c-]c4c(cc3)c3ccccc3n4-c3ccccn3)cc(-n3c4ccccc4c4ccccc43)c2)c2ccccc21.[Pt]. The number of fused-ring (bicyclic) bond motifs is 7. The number of rotatable bonds is 9. The Morgan fingerprint density at radius 3 is 1.75 bits per heavy atom. The molecule has 0 N–H and O–H groups in total. The van der Waals surface area contributed by atoms with Crippen LogP contribution in [0.2, 0.25) is 0 Å². The van der Waals surface area contributed by atoms with Gasteiger partial charge in [-0.1, -0.05) is 136 Å². The second-order valence-corrected chi connectivity index (χ2v) is 17.8. The average molecular weight is 1070 g/mol. The first-order valence-corrected chi connectivity index (χ1v) is 22.9. The van der Waals surface area contributed by atoms with E-state index in [4.69, 9.17) is 9.72 Å². The fourth-order valence-corrected chi connectivity index (χ4v) is 9.98. The molecule has 12 rings (SSSR count). The van der Waals surface area contributed by atoms with E-state index in [1.807, 2.05) is 42.6 Å². The van der Waals surface area contributed by atoms with Crippen LogP contribution in [0.15, 0.2) is 182 Å². The molecule has 0 saturated carbocycles. The van der Waals surface area contributed by atoms with Crippen molar-refractivity contribution in [3.05, 3.63) is 218 Å². The predicted molar refractivity (Wildman–Crippen MR) is 272 cm³/mol. The summed E-state index contributed by atoms with van der Waals surface area (Å²) < 4.78 is 26.8. The minimum Gasteiger partial charge on any atom is -0.509 e. The summed E-state index contributed by atoms with van der Waals surface area (Å²) in [5.74, 6) is 1.95. The van der Waals surface area contributed by atoms with E-state index in [-0.39, 0.29) is 38.7 Å². The fraction of sp³-hybridized carbons (Fsp3) is 0.100. The molecule has 68 heavy (non-hydrogen) atoms. The van der Waals surface area contributed by atoms with Gasteiger partial charge in [-0.05, 0) is 94.6 Å². The third-order valence-corrected chi connectivity index (χ3v) is 13.0. The molecule has 0 atom stereocenters. The Bertz CT molecular complexity index is 3620. The molecule has 0 aliphatic carbocycles. The van der Waals surface area contributed by atoms with Crippen molar-refractivity contribution < 1.29 is 30.2 Å². The number of halogens is 1. The molecule has 1 aliphatic heterocycles. The number of para-hydroxylation sites is 5. The quantitative estimate of drug-likeness (QED) is 0.135. The first-order valence-electron chi connectivity index (χ1n) is 22.9. The molecule has 8 heteroatoms. The van der Waals surface area contributed by atoms with Crippen molar-refractivity contribution in [1.29, 1.82) is 0 Å². The van der Waals surface area contributed by atoms with E-state index in [0.29, 0.717) is 17.1 Å². The predicted octanol–water partition coefficient (Wildman–Crippen LogP) is 16.1. The Morgan fingerprint density at radius 2 is 1.12 bits per heavy atom. The van der Waals surface area contributed by atoms with E-state index in [0.717, 1.165) is 83.8 Å². The van der Waals surface area contributed by atoms with Crippen LogP contribution in [0, 0.1) is 24.6 Å². The molecule has 11 aromatic rings. The van der Waals surface area contributed by atoms with Gasteiger partial charge in [-0.3, -0.25) is 0 Å². The summed E-state index contributed by atoms with van der Waals surface area (Å²) in [7, 11) is 0. The van der Waals surface area contributed by atoms with Gasteiger partial charge in [0.2, 0.25) is 0 Å². The number of hydrogen-bond donors (Lipinski definition) is 0. The molecule has 1 aliphatic rings. The molecule has 8 aromatic carbocycles. The average Bonchev–Trinajstić information content (AvgIpc) is 4.02. The Kier molecular flexibility index (Phi) is 11.0. The van der Waals surface area contributed by atoms with Gasteiger partial charge in [-0.25, -0.2) is 9.37 Å². The normalized spacial score (nSPS) is 12.5. The summed E-state index contributed by atoms with van der Waals surface area (Å²) in [5, 5.41) is 4.51. The fourth-order valence-electron chi connectivity index (χ4n) is 9.98. The van der Waals surface area contributed by atoms with Gasteiger partial charge >= 0.3 is 0 Å². The number of benzene rings is 8. The summed E-state index contributed by atoms with van der Waals surface area (Å²) in [6.07, 6.45) is 1.82. The second-order valence-electron chi connectivity index (χ2n) is 17.8. The van der Waals surface area contributed by atoms with Crippen molar-refractivity contribution in [2.75, 3.05) is 9.80 Å². The first-order chi connectivity index (χ1) is 32.8. The molecule has 0 bridgehead atoms. The summed E-state index contributed by atoms with van der Waals surface area (Å²) in [5.41, 5.74) is 12.7. The minimum atomic E-state index is -0.228. The molecule has 0 spiro atoms. The Morgan fingerprint density at radius 1 is 0.544 bits per heavy atom. The Balaban J connectivity index is 0.00000507. The van der Waals surface area contributed by atoms with Crippen LogP contribution < -0.4 is 14.5 Å². The van der Waals surface area contributed by atoms with E-state index in [2.05, 4.69) is 193 Å². The van der Waals surface area contributed by atoms with Crippen LogP contribution >= 0.6 is 0 Å².